The Morgan fingerprint density at radius 3 is 2.81 bits per heavy atom. The van der Waals surface area contributed by atoms with Crippen molar-refractivity contribution in [3.63, 3.8) is 0 Å². The van der Waals surface area contributed by atoms with Gasteiger partial charge in [-0.25, -0.2) is 0 Å². The SMILES string of the molecule is COC1(CNC(=O)c2ccccc2C#CCCO)CCC1. The Morgan fingerprint density at radius 1 is 1.43 bits per heavy atom. The molecule has 4 nitrogen and oxygen atoms in total. The zero-order chi connectivity index (χ0) is 15.1. The van der Waals surface area contributed by atoms with E-state index < -0.39 is 0 Å². The molecule has 0 heterocycles. The summed E-state index contributed by atoms with van der Waals surface area (Å²) in [5.74, 6) is 5.65. The van der Waals surface area contributed by atoms with E-state index in [1.54, 1.807) is 13.2 Å². The van der Waals surface area contributed by atoms with Gasteiger partial charge in [0.25, 0.3) is 5.91 Å². The van der Waals surface area contributed by atoms with Gasteiger partial charge in [-0.05, 0) is 31.4 Å². The van der Waals surface area contributed by atoms with Gasteiger partial charge in [0, 0.05) is 25.6 Å². The lowest BCUT2D eigenvalue weighted by Crippen LogP contribution is -2.49. The Kier molecular flexibility index (Phi) is 5.38. The van der Waals surface area contributed by atoms with E-state index in [9.17, 15) is 4.79 Å². The lowest BCUT2D eigenvalue weighted by molar-refractivity contribution is -0.0679. The normalized spacial score (nSPS) is 15.5. The van der Waals surface area contributed by atoms with E-state index in [-0.39, 0.29) is 18.1 Å². The topological polar surface area (TPSA) is 58.6 Å². The number of benzene rings is 1. The maximum Gasteiger partial charge on any atom is 0.252 e. The van der Waals surface area contributed by atoms with E-state index in [0.29, 0.717) is 24.1 Å². The number of nitrogens with one attached hydrogen (secondary N) is 1. The largest absolute Gasteiger partial charge is 0.395 e. The van der Waals surface area contributed by atoms with Gasteiger partial charge in [0.15, 0.2) is 0 Å². The summed E-state index contributed by atoms with van der Waals surface area (Å²) in [5.41, 5.74) is 1.06. The number of aliphatic hydroxyl groups excluding tert-OH is 1. The van der Waals surface area contributed by atoms with Crippen LogP contribution in [0, 0.1) is 11.8 Å². The molecule has 0 saturated heterocycles. The summed E-state index contributed by atoms with van der Waals surface area (Å²) in [6.07, 6.45) is 3.53. The summed E-state index contributed by atoms with van der Waals surface area (Å²) in [6, 6.07) is 7.25. The van der Waals surface area contributed by atoms with Gasteiger partial charge in [0.2, 0.25) is 0 Å². The quantitative estimate of drug-likeness (QED) is 0.811. The molecule has 2 rings (SSSR count). The van der Waals surface area contributed by atoms with Gasteiger partial charge in [0.05, 0.1) is 17.8 Å². The van der Waals surface area contributed by atoms with Gasteiger partial charge in [-0.1, -0.05) is 24.0 Å². The highest BCUT2D eigenvalue weighted by Crippen LogP contribution is 2.34. The molecular formula is C17H21NO3. The molecule has 1 amide bonds. The lowest BCUT2D eigenvalue weighted by atomic mass is 9.80. The summed E-state index contributed by atoms with van der Waals surface area (Å²) < 4.78 is 5.50. The second-order valence-corrected chi connectivity index (χ2v) is 5.24. The molecule has 2 N–H and O–H groups in total. The Hall–Kier alpha value is -1.83. The van der Waals surface area contributed by atoms with Crippen molar-refractivity contribution in [2.24, 2.45) is 0 Å². The van der Waals surface area contributed by atoms with Crippen LogP contribution in [-0.4, -0.2) is 36.9 Å². The Bertz CT molecular complexity index is 547. The van der Waals surface area contributed by atoms with Gasteiger partial charge >= 0.3 is 0 Å². The first-order chi connectivity index (χ1) is 10.2. The number of carbonyl (C=O) groups is 1. The zero-order valence-corrected chi connectivity index (χ0v) is 12.3. The lowest BCUT2D eigenvalue weighted by Gasteiger charge is -2.40. The number of hydrogen-bond donors (Lipinski definition) is 2. The molecule has 0 spiro atoms. The van der Waals surface area contributed by atoms with Crippen molar-refractivity contribution in [2.75, 3.05) is 20.3 Å². The highest BCUT2D eigenvalue weighted by atomic mass is 16.5. The van der Waals surface area contributed by atoms with Crippen LogP contribution in [-0.2, 0) is 4.74 Å². The van der Waals surface area contributed by atoms with Crippen molar-refractivity contribution >= 4 is 5.91 Å². The molecular weight excluding hydrogens is 266 g/mol. The van der Waals surface area contributed by atoms with Crippen LogP contribution in [0.2, 0.25) is 0 Å². The molecule has 1 aliphatic carbocycles. The standard InChI is InChI=1S/C17H21NO3/c1-21-17(10-6-11-17)13-18-16(20)15-9-3-2-7-14(15)8-4-5-12-19/h2-3,7,9,19H,5-6,10-13H2,1H3,(H,18,20). The van der Waals surface area contributed by atoms with E-state index in [4.69, 9.17) is 9.84 Å². The number of ether oxygens (including phenoxy) is 1. The van der Waals surface area contributed by atoms with Crippen molar-refractivity contribution in [1.82, 2.24) is 5.32 Å². The molecule has 0 unspecified atom stereocenters. The van der Waals surface area contributed by atoms with Gasteiger partial charge in [0.1, 0.15) is 0 Å². The van der Waals surface area contributed by atoms with Crippen molar-refractivity contribution in [1.29, 1.82) is 0 Å². The second-order valence-electron chi connectivity index (χ2n) is 5.24. The molecule has 0 atom stereocenters. The predicted molar refractivity (Wildman–Crippen MR) is 80.9 cm³/mol. The molecule has 1 aromatic rings. The molecule has 0 bridgehead atoms. The third-order valence-electron chi connectivity index (χ3n) is 3.90. The molecule has 1 aromatic carbocycles. The third-order valence-corrected chi connectivity index (χ3v) is 3.90. The number of carbonyl (C=O) groups excluding carboxylic acids is 1. The molecule has 0 aromatic heterocycles. The van der Waals surface area contributed by atoms with Gasteiger partial charge in [-0.2, -0.15) is 0 Å². The zero-order valence-electron chi connectivity index (χ0n) is 12.3. The maximum absolute atomic E-state index is 12.3. The predicted octanol–water partition coefficient (Wildman–Crippen LogP) is 1.72. The summed E-state index contributed by atoms with van der Waals surface area (Å²) >= 11 is 0. The summed E-state index contributed by atoms with van der Waals surface area (Å²) in [6.45, 7) is 0.554. The summed E-state index contributed by atoms with van der Waals surface area (Å²) in [4.78, 5) is 12.3. The number of methoxy groups -OCH3 is 1. The monoisotopic (exact) mass is 287 g/mol. The molecule has 1 aliphatic rings. The van der Waals surface area contributed by atoms with E-state index in [2.05, 4.69) is 17.2 Å². The van der Waals surface area contributed by atoms with Crippen LogP contribution >= 0.6 is 0 Å². The fourth-order valence-corrected chi connectivity index (χ4v) is 2.36. The third kappa shape index (κ3) is 3.84. The number of aliphatic hydroxyl groups is 1. The Morgan fingerprint density at radius 2 is 2.19 bits per heavy atom. The van der Waals surface area contributed by atoms with E-state index >= 15 is 0 Å². The number of amides is 1. The average Bonchev–Trinajstić information content (AvgIpc) is 2.47. The van der Waals surface area contributed by atoms with Crippen LogP contribution < -0.4 is 5.32 Å². The molecule has 0 radical (unpaired) electrons. The fourth-order valence-electron chi connectivity index (χ4n) is 2.36. The summed E-state index contributed by atoms with van der Waals surface area (Å²) in [7, 11) is 1.69. The summed E-state index contributed by atoms with van der Waals surface area (Å²) in [5, 5.41) is 11.7. The Labute approximate surface area is 125 Å². The minimum atomic E-state index is -0.187. The van der Waals surface area contributed by atoms with Gasteiger partial charge < -0.3 is 15.2 Å². The van der Waals surface area contributed by atoms with Crippen LogP contribution in [0.1, 0.15) is 41.6 Å². The Balaban J connectivity index is 2.04. The van der Waals surface area contributed by atoms with E-state index in [1.807, 2.05) is 18.2 Å². The first-order valence-corrected chi connectivity index (χ1v) is 7.23. The smallest absolute Gasteiger partial charge is 0.252 e. The first-order valence-electron chi connectivity index (χ1n) is 7.23. The molecule has 21 heavy (non-hydrogen) atoms. The van der Waals surface area contributed by atoms with E-state index in [0.717, 1.165) is 19.3 Å². The van der Waals surface area contributed by atoms with Gasteiger partial charge in [-0.3, -0.25) is 4.79 Å². The van der Waals surface area contributed by atoms with E-state index in [1.165, 1.54) is 0 Å². The van der Waals surface area contributed by atoms with Crippen molar-refractivity contribution < 1.29 is 14.6 Å². The average molecular weight is 287 g/mol. The maximum atomic E-state index is 12.3. The highest BCUT2D eigenvalue weighted by Gasteiger charge is 2.37. The second kappa shape index (κ2) is 7.26. The molecule has 1 fully saturated rings. The molecule has 112 valence electrons. The number of hydrogen-bond acceptors (Lipinski definition) is 3. The fraction of sp³-hybridized carbons (Fsp3) is 0.471. The van der Waals surface area contributed by atoms with Crippen LogP contribution in [0.4, 0.5) is 0 Å². The first kappa shape index (κ1) is 15.6. The van der Waals surface area contributed by atoms with Crippen LogP contribution in [0.25, 0.3) is 0 Å². The van der Waals surface area contributed by atoms with Crippen LogP contribution in [0.15, 0.2) is 24.3 Å². The minimum Gasteiger partial charge on any atom is -0.395 e. The van der Waals surface area contributed by atoms with Crippen molar-refractivity contribution in [3.05, 3.63) is 35.4 Å². The minimum absolute atomic E-state index is 0.0255. The van der Waals surface area contributed by atoms with Crippen molar-refractivity contribution in [2.45, 2.75) is 31.3 Å². The van der Waals surface area contributed by atoms with Crippen LogP contribution in [0.3, 0.4) is 0 Å². The van der Waals surface area contributed by atoms with Gasteiger partial charge in [-0.15, -0.1) is 0 Å². The van der Waals surface area contributed by atoms with Crippen LogP contribution in [0.5, 0.6) is 0 Å². The molecule has 0 aliphatic heterocycles. The van der Waals surface area contributed by atoms with Crippen molar-refractivity contribution in [3.8, 4) is 11.8 Å². The molecule has 1 saturated carbocycles. The molecule has 4 heteroatoms. The highest BCUT2D eigenvalue weighted by molar-refractivity contribution is 5.96. The number of rotatable bonds is 5.